The molecule has 17 heavy (non-hydrogen) atoms. The molecule has 1 aromatic rings. The fourth-order valence-corrected chi connectivity index (χ4v) is 1.93. The van der Waals surface area contributed by atoms with Crippen molar-refractivity contribution < 1.29 is 14.7 Å². The lowest BCUT2D eigenvalue weighted by Gasteiger charge is -2.14. The van der Waals surface area contributed by atoms with Crippen LogP contribution in [0, 0.1) is 6.92 Å². The van der Waals surface area contributed by atoms with Gasteiger partial charge in [-0.2, -0.15) is 0 Å². The molecule has 2 N–H and O–H groups in total. The van der Waals surface area contributed by atoms with Crippen LogP contribution >= 0.6 is 11.3 Å². The first-order valence-corrected chi connectivity index (χ1v) is 5.96. The molecule has 0 spiro atoms. The number of aryl methyl sites for hydroxylation is 1. The Morgan fingerprint density at radius 3 is 2.65 bits per heavy atom. The normalized spacial score (nSPS) is 10.1. The summed E-state index contributed by atoms with van der Waals surface area (Å²) < 4.78 is 0. The van der Waals surface area contributed by atoms with Gasteiger partial charge in [-0.25, -0.2) is 9.78 Å². The fraction of sp³-hybridized carbons (Fsp3) is 0.500. The van der Waals surface area contributed by atoms with E-state index in [-0.39, 0.29) is 18.1 Å². The zero-order valence-corrected chi connectivity index (χ0v) is 10.8. The van der Waals surface area contributed by atoms with Gasteiger partial charge >= 0.3 is 5.97 Å². The number of carbonyl (C=O) groups is 2. The second kappa shape index (κ2) is 5.62. The van der Waals surface area contributed by atoms with Crippen molar-refractivity contribution in [3.05, 3.63) is 10.6 Å². The molecule has 0 aliphatic heterocycles. The van der Waals surface area contributed by atoms with Gasteiger partial charge in [-0.1, -0.05) is 0 Å². The van der Waals surface area contributed by atoms with Crippen LogP contribution in [0.2, 0.25) is 0 Å². The second-order valence-corrected chi connectivity index (χ2v) is 4.69. The number of hydrogen-bond acceptors (Lipinski definition) is 5. The van der Waals surface area contributed by atoms with Gasteiger partial charge in [-0.05, 0) is 13.8 Å². The monoisotopic (exact) mass is 257 g/mol. The summed E-state index contributed by atoms with van der Waals surface area (Å²) in [6.45, 7) is 4.33. The van der Waals surface area contributed by atoms with Crippen molar-refractivity contribution in [2.24, 2.45) is 0 Å². The molecule has 0 radical (unpaired) electrons. The number of aromatic carboxylic acids is 1. The average Bonchev–Trinajstić information content (AvgIpc) is 2.66. The van der Waals surface area contributed by atoms with Gasteiger partial charge in [-0.15, -0.1) is 11.3 Å². The fourth-order valence-electron chi connectivity index (χ4n) is 1.13. The molecular formula is C10H15N3O3S. The molecule has 0 saturated carbocycles. The van der Waals surface area contributed by atoms with E-state index in [1.807, 2.05) is 6.92 Å². The lowest BCUT2D eigenvalue weighted by molar-refractivity contribution is -0.127. The first kappa shape index (κ1) is 13.4. The summed E-state index contributed by atoms with van der Waals surface area (Å²) in [4.78, 5) is 28.4. The van der Waals surface area contributed by atoms with Gasteiger partial charge in [0.05, 0.1) is 6.54 Å². The van der Waals surface area contributed by atoms with E-state index in [1.165, 1.54) is 11.3 Å². The number of nitrogens with one attached hydrogen (secondary N) is 1. The summed E-state index contributed by atoms with van der Waals surface area (Å²) in [5.74, 6) is -1.11. The number of aromatic nitrogens is 1. The highest BCUT2D eigenvalue weighted by atomic mass is 32.1. The molecule has 1 heterocycles. The Balaban J connectivity index is 2.61. The van der Waals surface area contributed by atoms with Crippen molar-refractivity contribution in [2.75, 3.05) is 25.5 Å². The number of carboxylic acid groups (broad SMARTS) is 1. The minimum absolute atomic E-state index is 0.0359. The van der Waals surface area contributed by atoms with Gasteiger partial charge < -0.3 is 15.3 Å². The van der Waals surface area contributed by atoms with Crippen molar-refractivity contribution in [1.29, 1.82) is 0 Å². The molecule has 0 aromatic carbocycles. The van der Waals surface area contributed by atoms with Crippen molar-refractivity contribution in [3.8, 4) is 0 Å². The Morgan fingerprint density at radius 2 is 2.18 bits per heavy atom. The number of hydrogen-bond donors (Lipinski definition) is 2. The van der Waals surface area contributed by atoms with Crippen LogP contribution in [0.25, 0.3) is 0 Å². The minimum Gasteiger partial charge on any atom is -0.476 e. The van der Waals surface area contributed by atoms with Gasteiger partial charge in [0, 0.05) is 18.5 Å². The van der Waals surface area contributed by atoms with Crippen LogP contribution in [0.3, 0.4) is 0 Å². The maximum absolute atomic E-state index is 11.5. The minimum atomic E-state index is -1.05. The predicted octanol–water partition coefficient (Wildman–Crippen LogP) is 1.04. The zero-order chi connectivity index (χ0) is 13.0. The maximum atomic E-state index is 11.5. The zero-order valence-electron chi connectivity index (χ0n) is 9.98. The third-order valence-electron chi connectivity index (χ3n) is 2.29. The molecule has 7 heteroatoms. The third-order valence-corrected chi connectivity index (χ3v) is 3.22. The average molecular weight is 257 g/mol. The number of likely N-dealkylation sites (N-methyl/N-ethyl adjacent to an activating group) is 1. The van der Waals surface area contributed by atoms with E-state index < -0.39 is 5.97 Å². The van der Waals surface area contributed by atoms with E-state index in [0.29, 0.717) is 16.6 Å². The maximum Gasteiger partial charge on any atom is 0.355 e. The number of anilines is 1. The first-order valence-electron chi connectivity index (χ1n) is 5.14. The molecule has 0 fully saturated rings. The predicted molar refractivity (Wildman–Crippen MR) is 65.6 cm³/mol. The van der Waals surface area contributed by atoms with E-state index in [4.69, 9.17) is 5.11 Å². The van der Waals surface area contributed by atoms with Gasteiger partial charge in [0.2, 0.25) is 5.91 Å². The molecule has 1 aromatic heterocycles. The van der Waals surface area contributed by atoms with Crippen LogP contribution in [0.15, 0.2) is 0 Å². The number of rotatable bonds is 5. The number of amides is 1. The Hall–Kier alpha value is -1.63. The molecule has 6 nitrogen and oxygen atoms in total. The van der Waals surface area contributed by atoms with Crippen LogP contribution in [0.5, 0.6) is 0 Å². The van der Waals surface area contributed by atoms with Crippen molar-refractivity contribution in [1.82, 2.24) is 9.88 Å². The molecule has 0 bridgehead atoms. The molecule has 1 amide bonds. The van der Waals surface area contributed by atoms with Gasteiger partial charge in [0.25, 0.3) is 0 Å². The highest BCUT2D eigenvalue weighted by Gasteiger charge is 2.14. The van der Waals surface area contributed by atoms with Crippen LogP contribution in [0.4, 0.5) is 5.13 Å². The lowest BCUT2D eigenvalue weighted by Crippen LogP contribution is -2.31. The molecule has 0 saturated heterocycles. The Morgan fingerprint density at radius 1 is 1.53 bits per heavy atom. The Bertz CT molecular complexity index is 430. The quantitative estimate of drug-likeness (QED) is 0.823. The molecule has 0 aliphatic rings. The highest BCUT2D eigenvalue weighted by molar-refractivity contribution is 7.15. The number of carboxylic acids is 1. The number of thiazole rings is 1. The summed E-state index contributed by atoms with van der Waals surface area (Å²) in [6, 6.07) is 0. The van der Waals surface area contributed by atoms with E-state index in [2.05, 4.69) is 10.3 Å². The van der Waals surface area contributed by atoms with E-state index >= 15 is 0 Å². The highest BCUT2D eigenvalue weighted by Crippen LogP contribution is 2.21. The number of nitrogens with zero attached hydrogens (tertiary/aromatic N) is 2. The van der Waals surface area contributed by atoms with Gasteiger partial charge in [-0.3, -0.25) is 4.79 Å². The van der Waals surface area contributed by atoms with Crippen LogP contribution in [-0.2, 0) is 4.79 Å². The smallest absolute Gasteiger partial charge is 0.355 e. The van der Waals surface area contributed by atoms with Crippen LogP contribution in [-0.4, -0.2) is 47.0 Å². The van der Waals surface area contributed by atoms with Crippen LogP contribution < -0.4 is 5.32 Å². The van der Waals surface area contributed by atoms with Crippen molar-refractivity contribution >= 4 is 28.3 Å². The summed E-state index contributed by atoms with van der Waals surface area (Å²) in [6.07, 6.45) is 0. The van der Waals surface area contributed by atoms with E-state index in [0.717, 1.165) is 0 Å². The lowest BCUT2D eigenvalue weighted by atomic mass is 10.4. The third kappa shape index (κ3) is 3.42. The summed E-state index contributed by atoms with van der Waals surface area (Å²) in [5, 5.41) is 12.1. The molecule has 0 atom stereocenters. The van der Waals surface area contributed by atoms with Crippen molar-refractivity contribution in [2.45, 2.75) is 13.8 Å². The van der Waals surface area contributed by atoms with Gasteiger partial charge in [0.1, 0.15) is 0 Å². The largest absolute Gasteiger partial charge is 0.476 e. The van der Waals surface area contributed by atoms with Gasteiger partial charge in [0.15, 0.2) is 10.8 Å². The van der Waals surface area contributed by atoms with E-state index in [1.54, 1.807) is 18.9 Å². The summed E-state index contributed by atoms with van der Waals surface area (Å²) >= 11 is 1.23. The molecule has 1 rings (SSSR count). The van der Waals surface area contributed by atoms with Crippen molar-refractivity contribution in [3.63, 3.8) is 0 Å². The molecule has 0 unspecified atom stereocenters. The van der Waals surface area contributed by atoms with E-state index in [9.17, 15) is 9.59 Å². The Kier molecular flexibility index (Phi) is 4.45. The molecule has 0 aliphatic carbocycles. The second-order valence-electron chi connectivity index (χ2n) is 3.49. The Labute approximate surface area is 103 Å². The molecular weight excluding hydrogens is 242 g/mol. The van der Waals surface area contributed by atoms with Crippen LogP contribution in [0.1, 0.15) is 22.3 Å². The standard InChI is InChI=1S/C10H15N3O3S/c1-4-13(3)7(14)5-11-10-12-8(9(15)16)6(2)17-10/h4-5H2,1-3H3,(H,11,12)(H,15,16). The topological polar surface area (TPSA) is 82.5 Å². The summed E-state index contributed by atoms with van der Waals surface area (Å²) in [7, 11) is 1.71. The first-order chi connectivity index (χ1) is 7.95. The number of carbonyl (C=O) groups excluding carboxylic acids is 1. The molecule has 94 valence electrons. The SMILES string of the molecule is CCN(C)C(=O)CNc1nc(C(=O)O)c(C)s1. The summed E-state index contributed by atoms with van der Waals surface area (Å²) in [5.41, 5.74) is 0.0359.